The van der Waals surface area contributed by atoms with Gasteiger partial charge in [0.05, 0.1) is 18.0 Å². The molecule has 2 amide bonds. The van der Waals surface area contributed by atoms with E-state index in [9.17, 15) is 9.59 Å². The van der Waals surface area contributed by atoms with Crippen molar-refractivity contribution in [2.45, 2.75) is 64.1 Å². The Bertz CT molecular complexity index is 927. The average Bonchev–Trinajstić information content (AvgIpc) is 3.37. The number of amides is 2. The Morgan fingerprint density at radius 1 is 1.37 bits per heavy atom. The van der Waals surface area contributed by atoms with E-state index in [-0.39, 0.29) is 41.3 Å². The largest absolute Gasteiger partial charge is 0.487 e. The van der Waals surface area contributed by atoms with Crippen LogP contribution >= 0.6 is 11.6 Å². The summed E-state index contributed by atoms with van der Waals surface area (Å²) < 4.78 is 6.04. The molecule has 0 unspecified atom stereocenters. The van der Waals surface area contributed by atoms with Crippen LogP contribution in [0.5, 0.6) is 5.75 Å². The zero-order valence-corrected chi connectivity index (χ0v) is 18.6. The molecule has 0 bridgehead atoms. The van der Waals surface area contributed by atoms with Crippen LogP contribution in [-0.4, -0.2) is 40.4 Å². The fraction of sp³-hybridized carbons (Fsp3) is 0.591. The number of rotatable bonds is 4. The number of nitrogens with two attached hydrogens (primary N) is 1. The van der Waals surface area contributed by atoms with Crippen LogP contribution in [0.1, 0.15) is 58.6 Å². The highest BCUT2D eigenvalue weighted by atomic mass is 35.5. The summed E-state index contributed by atoms with van der Waals surface area (Å²) >= 11 is 6.17. The first-order valence-corrected chi connectivity index (χ1v) is 10.8. The molecule has 8 heteroatoms. The SMILES string of the molecule is CC1(C)CC(=O)N(C[C@H]2C[C@@H]2C(=O)N[C@H]2CC(C)(C)Oc3ccc(Cl)cc32)C(N)=N1. The van der Waals surface area contributed by atoms with Crippen LogP contribution in [0.3, 0.4) is 0 Å². The quantitative estimate of drug-likeness (QED) is 0.764. The van der Waals surface area contributed by atoms with E-state index in [1.807, 2.05) is 39.8 Å². The van der Waals surface area contributed by atoms with Crippen molar-refractivity contribution in [1.82, 2.24) is 10.2 Å². The van der Waals surface area contributed by atoms with Gasteiger partial charge in [-0.1, -0.05) is 11.6 Å². The van der Waals surface area contributed by atoms with Gasteiger partial charge in [-0.15, -0.1) is 0 Å². The van der Waals surface area contributed by atoms with Crippen molar-refractivity contribution in [3.05, 3.63) is 28.8 Å². The maximum Gasteiger partial charge on any atom is 0.231 e. The zero-order chi connectivity index (χ0) is 21.8. The number of hydrogen-bond acceptors (Lipinski definition) is 5. The Labute approximate surface area is 182 Å². The highest BCUT2D eigenvalue weighted by Crippen LogP contribution is 2.43. The summed E-state index contributed by atoms with van der Waals surface area (Å²) in [7, 11) is 0. The zero-order valence-electron chi connectivity index (χ0n) is 17.9. The second-order valence-corrected chi connectivity index (χ2v) is 10.3. The van der Waals surface area contributed by atoms with Crippen LogP contribution in [0, 0.1) is 11.8 Å². The standard InChI is InChI=1S/C22H29ClN4O3/c1-21(2)10-18(28)27(20(24)26-21)11-12-7-14(12)19(29)25-16-9-22(3,4)30-17-6-5-13(23)8-15(16)17/h5-6,8,12,14,16H,7,9-11H2,1-4H3,(H2,24,26)(H,25,29)/t12-,14+,16+/m1/s1. The molecular formula is C22H29ClN4O3. The number of nitrogens with zero attached hydrogens (tertiary/aromatic N) is 2. The predicted octanol–water partition coefficient (Wildman–Crippen LogP) is 3.02. The number of hydrogen-bond donors (Lipinski definition) is 2. The number of aliphatic imine (C=N–C) groups is 1. The summed E-state index contributed by atoms with van der Waals surface area (Å²) in [5.74, 6) is 0.919. The first-order chi connectivity index (χ1) is 13.9. The van der Waals surface area contributed by atoms with Gasteiger partial charge in [-0.2, -0.15) is 0 Å². The van der Waals surface area contributed by atoms with Gasteiger partial charge < -0.3 is 15.8 Å². The lowest BCUT2D eigenvalue weighted by atomic mass is 9.89. The van der Waals surface area contributed by atoms with Gasteiger partial charge in [0, 0.05) is 29.5 Å². The summed E-state index contributed by atoms with van der Waals surface area (Å²) in [4.78, 5) is 31.3. The molecule has 3 atom stereocenters. The van der Waals surface area contributed by atoms with Crippen LogP contribution in [0.2, 0.25) is 5.02 Å². The first kappa shape index (κ1) is 21.0. The number of halogens is 1. The van der Waals surface area contributed by atoms with Gasteiger partial charge in [-0.05, 0) is 58.2 Å². The third kappa shape index (κ3) is 4.26. The molecule has 4 rings (SSSR count). The molecule has 2 heterocycles. The Morgan fingerprint density at radius 3 is 2.80 bits per heavy atom. The maximum absolute atomic E-state index is 12.9. The number of guanidine groups is 1. The van der Waals surface area contributed by atoms with Crippen LogP contribution < -0.4 is 15.8 Å². The van der Waals surface area contributed by atoms with Gasteiger partial charge in [0.25, 0.3) is 0 Å². The minimum absolute atomic E-state index is 0.00563. The number of nitrogens with one attached hydrogen (secondary N) is 1. The van der Waals surface area contributed by atoms with Crippen molar-refractivity contribution in [3.8, 4) is 5.75 Å². The van der Waals surface area contributed by atoms with Crippen molar-refractivity contribution in [2.75, 3.05) is 6.54 Å². The second kappa shape index (κ2) is 7.15. The molecular weight excluding hydrogens is 404 g/mol. The molecule has 7 nitrogen and oxygen atoms in total. The lowest BCUT2D eigenvalue weighted by Gasteiger charge is -2.38. The van der Waals surface area contributed by atoms with E-state index in [0.717, 1.165) is 17.7 Å². The van der Waals surface area contributed by atoms with Gasteiger partial charge in [0.15, 0.2) is 5.96 Å². The number of carbonyl (C=O) groups excluding carboxylic acids is 2. The molecule has 2 aliphatic heterocycles. The Hall–Kier alpha value is -2.28. The normalized spacial score (nSPS) is 28.8. The third-order valence-electron chi connectivity index (χ3n) is 6.00. The minimum atomic E-state index is -0.470. The van der Waals surface area contributed by atoms with Gasteiger partial charge in [0.2, 0.25) is 11.8 Å². The molecule has 0 aromatic heterocycles. The van der Waals surface area contributed by atoms with E-state index in [2.05, 4.69) is 10.3 Å². The van der Waals surface area contributed by atoms with Crippen LogP contribution in [-0.2, 0) is 9.59 Å². The van der Waals surface area contributed by atoms with Crippen molar-refractivity contribution < 1.29 is 14.3 Å². The van der Waals surface area contributed by atoms with Crippen molar-refractivity contribution >= 4 is 29.4 Å². The highest BCUT2D eigenvalue weighted by molar-refractivity contribution is 6.30. The number of ether oxygens (including phenoxy) is 1. The molecule has 1 fully saturated rings. The van der Waals surface area contributed by atoms with E-state index in [1.165, 1.54) is 4.90 Å². The molecule has 1 saturated carbocycles. The maximum atomic E-state index is 12.9. The minimum Gasteiger partial charge on any atom is -0.487 e. The van der Waals surface area contributed by atoms with Crippen molar-refractivity contribution in [1.29, 1.82) is 0 Å². The number of carbonyl (C=O) groups is 2. The lowest BCUT2D eigenvalue weighted by Crippen LogP contribution is -2.50. The molecule has 3 N–H and O–H groups in total. The van der Waals surface area contributed by atoms with Gasteiger partial charge >= 0.3 is 0 Å². The average molecular weight is 433 g/mol. The fourth-order valence-electron chi connectivity index (χ4n) is 4.44. The molecule has 1 aromatic carbocycles. The monoisotopic (exact) mass is 432 g/mol. The summed E-state index contributed by atoms with van der Waals surface area (Å²) in [6.45, 7) is 8.23. The summed E-state index contributed by atoms with van der Waals surface area (Å²) in [5, 5.41) is 3.79. The van der Waals surface area contributed by atoms with Crippen LogP contribution in [0.15, 0.2) is 23.2 Å². The number of benzene rings is 1. The molecule has 162 valence electrons. The smallest absolute Gasteiger partial charge is 0.231 e. The molecule has 3 aliphatic rings. The van der Waals surface area contributed by atoms with Gasteiger partial charge in [-0.3, -0.25) is 14.5 Å². The molecule has 1 aromatic rings. The van der Waals surface area contributed by atoms with E-state index in [4.69, 9.17) is 22.1 Å². The van der Waals surface area contributed by atoms with Crippen molar-refractivity contribution in [3.63, 3.8) is 0 Å². The highest BCUT2D eigenvalue weighted by Gasteiger charge is 2.47. The van der Waals surface area contributed by atoms with Crippen LogP contribution in [0.4, 0.5) is 0 Å². The van der Waals surface area contributed by atoms with E-state index in [0.29, 0.717) is 24.4 Å². The van der Waals surface area contributed by atoms with E-state index in [1.54, 1.807) is 6.07 Å². The van der Waals surface area contributed by atoms with E-state index >= 15 is 0 Å². The van der Waals surface area contributed by atoms with Gasteiger partial charge in [-0.25, -0.2) is 4.99 Å². The Kier molecular flexibility index (Phi) is 5.00. The Balaban J connectivity index is 1.42. The van der Waals surface area contributed by atoms with Crippen molar-refractivity contribution in [2.24, 2.45) is 22.6 Å². The molecule has 30 heavy (non-hydrogen) atoms. The van der Waals surface area contributed by atoms with Gasteiger partial charge in [0.1, 0.15) is 11.4 Å². The molecule has 1 aliphatic carbocycles. The predicted molar refractivity (Wildman–Crippen MR) is 115 cm³/mol. The molecule has 0 saturated heterocycles. The lowest BCUT2D eigenvalue weighted by molar-refractivity contribution is -0.130. The first-order valence-electron chi connectivity index (χ1n) is 10.4. The molecule has 0 spiro atoms. The van der Waals surface area contributed by atoms with E-state index < -0.39 is 5.54 Å². The molecule has 0 radical (unpaired) electrons. The Morgan fingerprint density at radius 2 is 2.10 bits per heavy atom. The summed E-state index contributed by atoms with van der Waals surface area (Å²) in [6.07, 6.45) is 1.72. The summed E-state index contributed by atoms with van der Waals surface area (Å²) in [5.41, 5.74) is 6.06. The summed E-state index contributed by atoms with van der Waals surface area (Å²) in [6, 6.07) is 5.33. The third-order valence-corrected chi connectivity index (χ3v) is 6.24. The fourth-order valence-corrected chi connectivity index (χ4v) is 4.62. The number of fused-ring (bicyclic) bond motifs is 1. The second-order valence-electron chi connectivity index (χ2n) is 9.88. The topological polar surface area (TPSA) is 97.0 Å². The van der Waals surface area contributed by atoms with Crippen LogP contribution in [0.25, 0.3) is 0 Å².